The van der Waals surface area contributed by atoms with Crippen LogP contribution < -0.4 is 10.5 Å². The van der Waals surface area contributed by atoms with Crippen molar-refractivity contribution in [3.05, 3.63) is 52.2 Å². The summed E-state index contributed by atoms with van der Waals surface area (Å²) >= 11 is 1.40. The van der Waals surface area contributed by atoms with Gasteiger partial charge in [0, 0.05) is 5.56 Å². The van der Waals surface area contributed by atoms with Gasteiger partial charge in [-0.3, -0.25) is 0 Å². The first kappa shape index (κ1) is 17.7. The Morgan fingerprint density at radius 3 is 2.38 bits per heavy atom. The second kappa shape index (κ2) is 7.11. The van der Waals surface area contributed by atoms with Crippen LogP contribution in [0.5, 0.6) is 5.75 Å². The van der Waals surface area contributed by atoms with Gasteiger partial charge in [-0.25, -0.2) is 0 Å². The van der Waals surface area contributed by atoms with Gasteiger partial charge >= 0.3 is 12.5 Å². The van der Waals surface area contributed by atoms with Crippen molar-refractivity contribution in [3.8, 4) is 5.75 Å². The number of hydrogen-bond acceptors (Lipinski definition) is 3. The van der Waals surface area contributed by atoms with Crippen molar-refractivity contribution in [1.29, 1.82) is 0 Å². The maximum Gasteiger partial charge on any atom is 0.461 e. The van der Waals surface area contributed by atoms with E-state index >= 15 is 0 Å². The summed E-state index contributed by atoms with van der Waals surface area (Å²) < 4.78 is 54.6. The first-order valence-electron chi connectivity index (χ1n) is 5.63. The number of halogens is 5. The maximum atomic E-state index is 13.0. The van der Waals surface area contributed by atoms with Crippen molar-refractivity contribution < 1.29 is 22.3 Å². The van der Waals surface area contributed by atoms with Gasteiger partial charge in [0.1, 0.15) is 5.75 Å². The minimum Gasteiger partial charge on any atom is -0.428 e. The van der Waals surface area contributed by atoms with E-state index < -0.39 is 18.6 Å². The summed E-state index contributed by atoms with van der Waals surface area (Å²) in [5.74, 6) is -0.350. The average molecular weight is 342 g/mol. The third-order valence-electron chi connectivity index (χ3n) is 2.66. The van der Waals surface area contributed by atoms with Gasteiger partial charge in [0.2, 0.25) is 0 Å². The normalized spacial score (nSPS) is 12.9. The van der Waals surface area contributed by atoms with Crippen LogP contribution >= 0.6 is 23.7 Å². The van der Waals surface area contributed by atoms with Gasteiger partial charge in [-0.15, -0.1) is 12.4 Å². The molecule has 21 heavy (non-hydrogen) atoms. The molecule has 1 atom stereocenters. The van der Waals surface area contributed by atoms with Crippen molar-refractivity contribution >= 4 is 23.7 Å². The quantitative estimate of drug-likeness (QED) is 0.815. The monoisotopic (exact) mass is 341 g/mol. The van der Waals surface area contributed by atoms with Crippen molar-refractivity contribution in [2.45, 2.75) is 18.6 Å². The lowest BCUT2D eigenvalue weighted by Crippen LogP contribution is -2.34. The molecule has 2 nitrogen and oxygen atoms in total. The van der Waals surface area contributed by atoms with E-state index in [2.05, 4.69) is 4.74 Å². The number of thiophene rings is 1. The van der Waals surface area contributed by atoms with E-state index in [-0.39, 0.29) is 23.7 Å². The van der Waals surface area contributed by atoms with Crippen LogP contribution in [-0.2, 0) is 0 Å². The lowest BCUT2D eigenvalue weighted by molar-refractivity contribution is -0.253. The summed E-state index contributed by atoms with van der Waals surface area (Å²) in [4.78, 5) is 0. The van der Waals surface area contributed by atoms with E-state index in [0.29, 0.717) is 5.56 Å². The fourth-order valence-electron chi connectivity index (χ4n) is 1.65. The first-order chi connectivity index (χ1) is 9.42. The smallest absolute Gasteiger partial charge is 0.428 e. The fourth-order valence-corrected chi connectivity index (χ4v) is 2.35. The zero-order chi connectivity index (χ0) is 14.8. The molecule has 8 heteroatoms. The number of alkyl halides is 4. The van der Waals surface area contributed by atoms with Gasteiger partial charge in [-0.05, 0) is 28.5 Å². The largest absolute Gasteiger partial charge is 0.461 e. The van der Waals surface area contributed by atoms with Crippen LogP contribution in [-0.4, -0.2) is 12.5 Å². The summed E-state index contributed by atoms with van der Waals surface area (Å²) in [6, 6.07) is 6.68. The minimum absolute atomic E-state index is 0. The van der Waals surface area contributed by atoms with E-state index in [1.165, 1.54) is 29.5 Å². The topological polar surface area (TPSA) is 35.2 Å². The zero-order valence-electron chi connectivity index (χ0n) is 10.5. The molecule has 0 fully saturated rings. The molecule has 0 saturated carbocycles. The van der Waals surface area contributed by atoms with Gasteiger partial charge in [0.15, 0.2) is 0 Å². The van der Waals surface area contributed by atoms with Gasteiger partial charge < -0.3 is 10.5 Å². The van der Waals surface area contributed by atoms with Crippen LogP contribution in [0.4, 0.5) is 17.6 Å². The Morgan fingerprint density at radius 2 is 1.81 bits per heavy atom. The molecule has 2 N–H and O–H groups in total. The van der Waals surface area contributed by atoms with Crippen LogP contribution in [0.15, 0.2) is 41.1 Å². The number of hydrogen-bond donors (Lipinski definition) is 1. The molecular formula is C13H12ClF4NOS. The highest BCUT2D eigenvalue weighted by atomic mass is 35.5. The molecule has 0 spiro atoms. The Bertz CT molecular complexity index is 565. The van der Waals surface area contributed by atoms with Gasteiger partial charge in [0.05, 0.1) is 6.04 Å². The Labute approximate surface area is 128 Å². The fraction of sp³-hybridized carbons (Fsp3) is 0.231. The summed E-state index contributed by atoms with van der Waals surface area (Å²) in [5.41, 5.74) is 6.88. The first-order valence-corrected chi connectivity index (χ1v) is 6.57. The highest BCUT2D eigenvalue weighted by molar-refractivity contribution is 7.08. The van der Waals surface area contributed by atoms with Crippen LogP contribution in [0.25, 0.3) is 0 Å². The Kier molecular flexibility index (Phi) is 6.00. The number of nitrogens with two attached hydrogens (primary N) is 1. The third-order valence-corrected chi connectivity index (χ3v) is 3.36. The number of ether oxygens (including phenoxy) is 1. The van der Waals surface area contributed by atoms with Gasteiger partial charge in [-0.2, -0.15) is 28.9 Å². The average Bonchev–Trinajstić information content (AvgIpc) is 2.92. The van der Waals surface area contributed by atoms with Crippen LogP contribution in [0.3, 0.4) is 0 Å². The van der Waals surface area contributed by atoms with Crippen molar-refractivity contribution in [3.63, 3.8) is 0 Å². The minimum atomic E-state index is -4.55. The van der Waals surface area contributed by atoms with E-state index in [1.807, 2.05) is 0 Å². The lowest BCUT2D eigenvalue weighted by Gasteiger charge is -2.21. The van der Waals surface area contributed by atoms with Crippen LogP contribution in [0.1, 0.15) is 17.2 Å². The highest BCUT2D eigenvalue weighted by Gasteiger charge is 2.44. The second-order valence-electron chi connectivity index (χ2n) is 4.04. The molecule has 0 aliphatic heterocycles. The Morgan fingerprint density at radius 1 is 1.14 bits per heavy atom. The Hall–Kier alpha value is -1.31. The molecule has 1 heterocycles. The van der Waals surface area contributed by atoms with E-state index in [0.717, 1.165) is 0 Å². The molecule has 0 saturated heterocycles. The summed E-state index contributed by atoms with van der Waals surface area (Å²) in [6.45, 7) is 0. The van der Waals surface area contributed by atoms with E-state index in [9.17, 15) is 17.6 Å². The molecule has 0 bridgehead atoms. The van der Waals surface area contributed by atoms with E-state index in [1.54, 1.807) is 22.9 Å². The van der Waals surface area contributed by atoms with Crippen molar-refractivity contribution in [2.75, 3.05) is 0 Å². The lowest BCUT2D eigenvalue weighted by atomic mass is 10.0. The maximum absolute atomic E-state index is 13.0. The standard InChI is InChI=1S/C13H11F4NOS.ClH/c14-12(15)13(16,17)19-10-4-2-1-3-9(10)11(18)8-5-6-20-7-8;/h1-7,11-12H,18H2;1H/t11-;/m1./s1. The second-order valence-corrected chi connectivity index (χ2v) is 4.82. The summed E-state index contributed by atoms with van der Waals surface area (Å²) in [7, 11) is 0. The predicted octanol–water partition coefficient (Wildman–Crippen LogP) is 4.45. The molecule has 0 radical (unpaired) electrons. The molecule has 1 aromatic carbocycles. The van der Waals surface area contributed by atoms with Gasteiger partial charge in [-0.1, -0.05) is 18.2 Å². The molecule has 0 aliphatic rings. The van der Waals surface area contributed by atoms with Crippen LogP contribution in [0, 0.1) is 0 Å². The molecule has 2 rings (SSSR count). The van der Waals surface area contributed by atoms with Crippen molar-refractivity contribution in [2.24, 2.45) is 5.73 Å². The van der Waals surface area contributed by atoms with Crippen molar-refractivity contribution in [1.82, 2.24) is 0 Å². The molecular weight excluding hydrogens is 330 g/mol. The predicted molar refractivity (Wildman–Crippen MR) is 75.6 cm³/mol. The molecule has 1 aromatic heterocycles. The van der Waals surface area contributed by atoms with Gasteiger partial charge in [0.25, 0.3) is 0 Å². The molecule has 116 valence electrons. The summed E-state index contributed by atoms with van der Waals surface area (Å²) in [6.07, 6.45) is -8.46. The highest BCUT2D eigenvalue weighted by Crippen LogP contribution is 2.34. The molecule has 0 unspecified atom stereocenters. The zero-order valence-corrected chi connectivity index (χ0v) is 12.1. The molecule has 2 aromatic rings. The Balaban J connectivity index is 0.00000220. The number of benzene rings is 1. The van der Waals surface area contributed by atoms with E-state index in [4.69, 9.17) is 5.73 Å². The number of rotatable bonds is 5. The summed E-state index contributed by atoms with van der Waals surface area (Å²) in [5, 5.41) is 3.54. The SMILES string of the molecule is Cl.N[C@H](c1ccsc1)c1ccccc1OC(F)(F)C(F)F. The number of para-hydroxylation sites is 1. The molecule has 0 amide bonds. The molecule has 0 aliphatic carbocycles. The third kappa shape index (κ3) is 4.09. The van der Waals surface area contributed by atoms with Crippen LogP contribution in [0.2, 0.25) is 0 Å².